The molecule has 0 fully saturated rings. The van der Waals surface area contributed by atoms with Gasteiger partial charge in [-0.15, -0.1) is 0 Å². The lowest BCUT2D eigenvalue weighted by molar-refractivity contribution is 0.462. The van der Waals surface area contributed by atoms with Crippen LogP contribution in [0.25, 0.3) is 0 Å². The Morgan fingerprint density at radius 3 is 2.57 bits per heavy atom. The maximum atomic E-state index is 5.83. The second-order valence-electron chi connectivity index (χ2n) is 10.1. The Bertz CT molecular complexity index is 836. The molecule has 1 atom stereocenters. The molecule has 0 aromatic carbocycles. The third-order valence-electron chi connectivity index (χ3n) is 6.72. The molecule has 0 aliphatic heterocycles. The molecule has 0 spiro atoms. The van der Waals surface area contributed by atoms with Gasteiger partial charge in [0.15, 0.2) is 0 Å². The van der Waals surface area contributed by atoms with Crippen LogP contribution in [0.1, 0.15) is 106 Å². The van der Waals surface area contributed by atoms with Crippen LogP contribution < -0.4 is 5.32 Å². The highest BCUT2D eigenvalue weighted by molar-refractivity contribution is 8.07. The molecule has 0 heterocycles. The van der Waals surface area contributed by atoms with Crippen molar-refractivity contribution >= 4 is 28.8 Å². The lowest BCUT2D eigenvalue weighted by Crippen LogP contribution is -2.22. The van der Waals surface area contributed by atoms with Crippen molar-refractivity contribution in [2.24, 2.45) is 5.92 Å². The highest BCUT2D eigenvalue weighted by Crippen LogP contribution is 2.36. The van der Waals surface area contributed by atoms with Gasteiger partial charge in [-0.3, -0.25) is 0 Å². The molecule has 0 saturated carbocycles. The van der Waals surface area contributed by atoms with Crippen LogP contribution in [0.5, 0.6) is 0 Å². The lowest BCUT2D eigenvalue weighted by atomic mass is 9.95. The molecule has 35 heavy (non-hydrogen) atoms. The SMILES string of the molecule is C=C/C(C)=C(/C=C(\C)SC1=CCCCC(CC)CC=C1C(=S)CC)CCCC(C)=CCNC(C)C. The third kappa shape index (κ3) is 13.1. The molecule has 1 unspecified atom stereocenters. The number of rotatable bonds is 14. The summed E-state index contributed by atoms with van der Waals surface area (Å²) >= 11 is 7.73. The van der Waals surface area contributed by atoms with Crippen molar-refractivity contribution in [3.8, 4) is 0 Å². The van der Waals surface area contributed by atoms with Gasteiger partial charge in [-0.2, -0.15) is 0 Å². The lowest BCUT2D eigenvalue weighted by Gasteiger charge is -2.15. The number of hydrogen-bond donors (Lipinski definition) is 1. The van der Waals surface area contributed by atoms with Gasteiger partial charge in [-0.1, -0.05) is 94.6 Å². The average molecular weight is 514 g/mol. The average Bonchev–Trinajstić information content (AvgIpc) is 2.92. The van der Waals surface area contributed by atoms with E-state index in [-0.39, 0.29) is 0 Å². The van der Waals surface area contributed by atoms with Gasteiger partial charge < -0.3 is 5.32 Å². The van der Waals surface area contributed by atoms with Crippen molar-refractivity contribution in [1.29, 1.82) is 0 Å². The van der Waals surface area contributed by atoms with Crippen molar-refractivity contribution in [2.75, 3.05) is 6.54 Å². The van der Waals surface area contributed by atoms with Crippen molar-refractivity contribution in [1.82, 2.24) is 5.32 Å². The molecule has 3 heteroatoms. The summed E-state index contributed by atoms with van der Waals surface area (Å²) in [4.78, 5) is 3.78. The molecule has 1 aliphatic rings. The summed E-state index contributed by atoms with van der Waals surface area (Å²) in [6, 6.07) is 0.530. The van der Waals surface area contributed by atoms with Gasteiger partial charge in [-0.25, -0.2) is 0 Å². The molecule has 1 N–H and O–H groups in total. The molecule has 0 radical (unpaired) electrons. The number of thiocarbonyl (C=S) groups is 1. The molecule has 0 amide bonds. The van der Waals surface area contributed by atoms with Crippen LogP contribution in [0.4, 0.5) is 0 Å². The second-order valence-corrected chi connectivity index (χ2v) is 11.9. The van der Waals surface area contributed by atoms with Gasteiger partial charge in [0.2, 0.25) is 0 Å². The van der Waals surface area contributed by atoms with Crippen LogP contribution in [-0.4, -0.2) is 17.5 Å². The number of allylic oxidation sites excluding steroid dienone is 9. The first-order valence-corrected chi connectivity index (χ1v) is 14.9. The van der Waals surface area contributed by atoms with Gasteiger partial charge in [-0.05, 0) is 106 Å². The third-order valence-corrected chi connectivity index (χ3v) is 8.28. The first kappa shape index (κ1) is 31.9. The van der Waals surface area contributed by atoms with Gasteiger partial charge in [0.05, 0.1) is 0 Å². The minimum absolute atomic E-state index is 0.530. The standard InChI is InChI=1S/C32H51NS2/c1-9-26(7)29(17-14-15-25(6)21-22-33-24(4)5)23-27(8)35-32-18-13-12-16-28(10-2)19-20-30(32)31(34)11-3/h9,18,20-21,23-24,28,33H,1,10-17,19,22H2,2-8H3/b25-21?,27-23+,29-26+,30-20?,32-18?. The summed E-state index contributed by atoms with van der Waals surface area (Å²) in [5.41, 5.74) is 5.45. The van der Waals surface area contributed by atoms with E-state index in [0.717, 1.165) is 55.9 Å². The van der Waals surface area contributed by atoms with Crippen molar-refractivity contribution in [3.63, 3.8) is 0 Å². The van der Waals surface area contributed by atoms with E-state index in [0.29, 0.717) is 6.04 Å². The Morgan fingerprint density at radius 1 is 1.20 bits per heavy atom. The van der Waals surface area contributed by atoms with Crippen molar-refractivity contribution in [2.45, 2.75) is 112 Å². The molecule has 0 aromatic rings. The van der Waals surface area contributed by atoms with Crippen LogP contribution in [0.15, 0.2) is 69.1 Å². The molecule has 0 bridgehead atoms. The first-order valence-electron chi connectivity index (χ1n) is 13.7. The fraction of sp³-hybridized carbons (Fsp3) is 0.594. The number of hydrogen-bond acceptors (Lipinski definition) is 3. The Morgan fingerprint density at radius 2 is 1.94 bits per heavy atom. The predicted molar refractivity (Wildman–Crippen MR) is 166 cm³/mol. The van der Waals surface area contributed by atoms with Crippen LogP contribution in [0, 0.1) is 5.92 Å². The molecule has 1 rings (SSSR count). The van der Waals surface area contributed by atoms with Gasteiger partial charge >= 0.3 is 0 Å². The fourth-order valence-electron chi connectivity index (χ4n) is 4.25. The van der Waals surface area contributed by atoms with Crippen LogP contribution >= 0.6 is 24.0 Å². The van der Waals surface area contributed by atoms with Crippen molar-refractivity contribution < 1.29 is 0 Å². The Balaban J connectivity index is 2.98. The summed E-state index contributed by atoms with van der Waals surface area (Å²) in [6.45, 7) is 20.6. The fourth-order valence-corrected chi connectivity index (χ4v) is 5.58. The van der Waals surface area contributed by atoms with E-state index in [1.807, 2.05) is 17.8 Å². The maximum absolute atomic E-state index is 5.83. The second kappa shape index (κ2) is 18.1. The molecular weight excluding hydrogens is 462 g/mol. The van der Waals surface area contributed by atoms with E-state index in [2.05, 4.69) is 84.7 Å². The Kier molecular flexibility index (Phi) is 16.5. The molecule has 196 valence electrons. The highest BCUT2D eigenvalue weighted by Gasteiger charge is 2.15. The number of nitrogens with one attached hydrogen (secondary N) is 1. The van der Waals surface area contributed by atoms with E-state index in [1.54, 1.807) is 0 Å². The van der Waals surface area contributed by atoms with E-state index in [9.17, 15) is 0 Å². The Labute approximate surface area is 227 Å². The van der Waals surface area contributed by atoms with Gasteiger partial charge in [0.25, 0.3) is 0 Å². The molecule has 1 aliphatic carbocycles. The van der Waals surface area contributed by atoms with Crippen LogP contribution in [0.2, 0.25) is 0 Å². The van der Waals surface area contributed by atoms with E-state index < -0.39 is 0 Å². The predicted octanol–water partition coefficient (Wildman–Crippen LogP) is 10.4. The maximum Gasteiger partial charge on any atom is 0.0229 e. The number of thioether (sulfide) groups is 1. The zero-order valence-electron chi connectivity index (χ0n) is 23.6. The molecule has 1 nitrogen and oxygen atoms in total. The zero-order valence-corrected chi connectivity index (χ0v) is 25.3. The highest BCUT2D eigenvalue weighted by atomic mass is 32.2. The summed E-state index contributed by atoms with van der Waals surface area (Å²) in [6.07, 6.45) is 22.0. The zero-order chi connectivity index (χ0) is 26.2. The van der Waals surface area contributed by atoms with E-state index in [4.69, 9.17) is 12.2 Å². The largest absolute Gasteiger partial charge is 0.311 e. The smallest absolute Gasteiger partial charge is 0.0229 e. The summed E-state index contributed by atoms with van der Waals surface area (Å²) < 4.78 is 0. The summed E-state index contributed by atoms with van der Waals surface area (Å²) in [5.74, 6) is 0.780. The summed E-state index contributed by atoms with van der Waals surface area (Å²) in [5, 5.41) is 3.47. The molecule has 0 saturated heterocycles. The van der Waals surface area contributed by atoms with Crippen molar-refractivity contribution in [3.05, 3.63) is 69.1 Å². The molecule has 0 aromatic heterocycles. The topological polar surface area (TPSA) is 12.0 Å². The summed E-state index contributed by atoms with van der Waals surface area (Å²) in [7, 11) is 0. The van der Waals surface area contributed by atoms with Crippen LogP contribution in [0.3, 0.4) is 0 Å². The quantitative estimate of drug-likeness (QED) is 0.141. The van der Waals surface area contributed by atoms with E-state index >= 15 is 0 Å². The molecular formula is C32H51NS2. The normalized spacial score (nSPS) is 18.8. The minimum Gasteiger partial charge on any atom is -0.311 e. The first-order chi connectivity index (χ1) is 16.7. The minimum atomic E-state index is 0.530. The van der Waals surface area contributed by atoms with E-state index in [1.165, 1.54) is 51.4 Å². The monoisotopic (exact) mass is 513 g/mol. The van der Waals surface area contributed by atoms with Gasteiger partial charge in [0.1, 0.15) is 0 Å². The Hall–Kier alpha value is -1.16. The van der Waals surface area contributed by atoms with Crippen LogP contribution in [-0.2, 0) is 0 Å². The van der Waals surface area contributed by atoms with Gasteiger partial charge in [0, 0.05) is 22.4 Å².